The van der Waals surface area contributed by atoms with Crippen LogP contribution in [-0.2, 0) is 10.9 Å². The van der Waals surface area contributed by atoms with Crippen molar-refractivity contribution in [2.45, 2.75) is 31.5 Å². The van der Waals surface area contributed by atoms with Crippen LogP contribution < -0.4 is 0 Å². The fourth-order valence-electron chi connectivity index (χ4n) is 2.59. The van der Waals surface area contributed by atoms with E-state index in [-0.39, 0.29) is 17.6 Å². The van der Waals surface area contributed by atoms with Crippen molar-refractivity contribution in [2.75, 3.05) is 19.7 Å². The summed E-state index contributed by atoms with van der Waals surface area (Å²) in [7, 11) is 0. The van der Waals surface area contributed by atoms with Gasteiger partial charge in [-0.05, 0) is 49.4 Å². The number of benzene rings is 1. The molecule has 1 aromatic carbocycles. The minimum absolute atomic E-state index is 0.0546. The Labute approximate surface area is 127 Å². The van der Waals surface area contributed by atoms with Crippen LogP contribution in [0.25, 0.3) is 0 Å². The Morgan fingerprint density at radius 1 is 1.18 bits per heavy atom. The second-order valence-electron chi connectivity index (χ2n) is 6.01. The van der Waals surface area contributed by atoms with E-state index in [0.717, 1.165) is 25.2 Å². The van der Waals surface area contributed by atoms with Crippen LogP contribution >= 0.6 is 0 Å². The summed E-state index contributed by atoms with van der Waals surface area (Å²) in [6.45, 7) is 1.87. The third-order valence-corrected chi connectivity index (χ3v) is 4.16. The molecule has 0 unspecified atom stereocenters. The molecule has 22 heavy (non-hydrogen) atoms. The third-order valence-electron chi connectivity index (χ3n) is 4.16. The van der Waals surface area contributed by atoms with Crippen molar-refractivity contribution >= 4 is 5.91 Å². The molecule has 2 fully saturated rings. The summed E-state index contributed by atoms with van der Waals surface area (Å²) in [4.78, 5) is 13.9. The van der Waals surface area contributed by atoms with Gasteiger partial charge in [-0.2, -0.15) is 13.2 Å². The van der Waals surface area contributed by atoms with E-state index in [0.29, 0.717) is 19.0 Å². The number of amides is 1. The first-order chi connectivity index (χ1) is 10.4. The number of likely N-dealkylation sites (tertiary alicyclic amines) is 1. The van der Waals surface area contributed by atoms with Crippen molar-refractivity contribution in [2.24, 2.45) is 5.92 Å². The average Bonchev–Trinajstić information content (AvgIpc) is 3.20. The van der Waals surface area contributed by atoms with Crippen LogP contribution in [0.15, 0.2) is 24.3 Å². The Morgan fingerprint density at radius 3 is 2.45 bits per heavy atom. The SMILES string of the molecule is O=C(c1ccc(C(F)(F)F)cc1)N1CC[C@@H](OCC2CC2)C1. The summed E-state index contributed by atoms with van der Waals surface area (Å²) in [5.41, 5.74) is -0.452. The molecular weight excluding hydrogens is 295 g/mol. The summed E-state index contributed by atoms with van der Waals surface area (Å²) in [5.74, 6) is 0.450. The number of carbonyl (C=O) groups is 1. The zero-order valence-electron chi connectivity index (χ0n) is 12.1. The fourth-order valence-corrected chi connectivity index (χ4v) is 2.59. The lowest BCUT2D eigenvalue weighted by Gasteiger charge is -2.17. The molecule has 1 amide bonds. The zero-order valence-corrected chi connectivity index (χ0v) is 12.1. The highest BCUT2D eigenvalue weighted by molar-refractivity contribution is 5.94. The van der Waals surface area contributed by atoms with Gasteiger partial charge in [0.25, 0.3) is 5.91 Å². The van der Waals surface area contributed by atoms with Gasteiger partial charge >= 0.3 is 6.18 Å². The number of halogens is 3. The van der Waals surface area contributed by atoms with Crippen LogP contribution in [-0.4, -0.2) is 36.6 Å². The molecule has 1 heterocycles. The molecule has 1 aliphatic carbocycles. The van der Waals surface area contributed by atoms with Crippen molar-refractivity contribution in [1.29, 1.82) is 0 Å². The van der Waals surface area contributed by atoms with Crippen LogP contribution in [0.3, 0.4) is 0 Å². The van der Waals surface area contributed by atoms with Gasteiger partial charge in [0, 0.05) is 25.3 Å². The maximum Gasteiger partial charge on any atom is 0.416 e. The Hall–Kier alpha value is -1.56. The van der Waals surface area contributed by atoms with Crippen molar-refractivity contribution in [3.8, 4) is 0 Å². The highest BCUT2D eigenvalue weighted by Gasteiger charge is 2.32. The molecule has 120 valence electrons. The number of alkyl halides is 3. The van der Waals surface area contributed by atoms with Gasteiger partial charge in [0.05, 0.1) is 11.7 Å². The van der Waals surface area contributed by atoms with Gasteiger partial charge in [-0.25, -0.2) is 0 Å². The molecule has 1 saturated carbocycles. The Morgan fingerprint density at radius 2 is 1.86 bits per heavy atom. The monoisotopic (exact) mass is 313 g/mol. The van der Waals surface area contributed by atoms with Gasteiger partial charge < -0.3 is 9.64 Å². The molecule has 1 atom stereocenters. The number of carbonyl (C=O) groups excluding carboxylic acids is 1. The average molecular weight is 313 g/mol. The van der Waals surface area contributed by atoms with Crippen LogP contribution in [0.1, 0.15) is 35.2 Å². The summed E-state index contributed by atoms with van der Waals surface area (Å²) >= 11 is 0. The largest absolute Gasteiger partial charge is 0.416 e. The molecule has 3 rings (SSSR count). The van der Waals surface area contributed by atoms with Crippen molar-refractivity contribution in [1.82, 2.24) is 4.90 Å². The number of hydrogen-bond donors (Lipinski definition) is 0. The van der Waals surface area contributed by atoms with Gasteiger partial charge in [0.2, 0.25) is 0 Å². The molecule has 1 aromatic rings. The van der Waals surface area contributed by atoms with Crippen molar-refractivity contribution in [3.63, 3.8) is 0 Å². The first-order valence-electron chi connectivity index (χ1n) is 7.51. The molecule has 0 spiro atoms. The van der Waals surface area contributed by atoms with E-state index >= 15 is 0 Å². The van der Waals surface area contributed by atoms with E-state index in [2.05, 4.69) is 0 Å². The molecule has 0 bridgehead atoms. The highest BCUT2D eigenvalue weighted by atomic mass is 19.4. The molecule has 6 heteroatoms. The fraction of sp³-hybridized carbons (Fsp3) is 0.562. The van der Waals surface area contributed by atoms with Crippen LogP contribution in [0, 0.1) is 5.92 Å². The minimum Gasteiger partial charge on any atom is -0.376 e. The molecule has 1 saturated heterocycles. The lowest BCUT2D eigenvalue weighted by Crippen LogP contribution is -2.30. The van der Waals surface area contributed by atoms with E-state index in [1.807, 2.05) is 0 Å². The van der Waals surface area contributed by atoms with E-state index in [4.69, 9.17) is 4.74 Å². The maximum absolute atomic E-state index is 12.5. The van der Waals surface area contributed by atoms with Gasteiger partial charge in [-0.3, -0.25) is 4.79 Å². The Bertz CT molecular complexity index is 537. The van der Waals surface area contributed by atoms with Crippen LogP contribution in [0.5, 0.6) is 0 Å². The van der Waals surface area contributed by atoms with E-state index < -0.39 is 11.7 Å². The molecule has 0 radical (unpaired) electrons. The first-order valence-corrected chi connectivity index (χ1v) is 7.51. The quantitative estimate of drug-likeness (QED) is 0.853. The van der Waals surface area contributed by atoms with Gasteiger partial charge in [0.1, 0.15) is 0 Å². The van der Waals surface area contributed by atoms with Gasteiger partial charge in [0.15, 0.2) is 0 Å². The van der Waals surface area contributed by atoms with E-state index in [9.17, 15) is 18.0 Å². The summed E-state index contributed by atoms with van der Waals surface area (Å²) in [5, 5.41) is 0. The van der Waals surface area contributed by atoms with Crippen molar-refractivity contribution in [3.05, 3.63) is 35.4 Å². The smallest absolute Gasteiger partial charge is 0.376 e. The second kappa shape index (κ2) is 5.91. The Balaban J connectivity index is 1.57. The maximum atomic E-state index is 12.5. The minimum atomic E-state index is -4.38. The number of nitrogens with zero attached hydrogens (tertiary/aromatic N) is 1. The summed E-state index contributed by atoms with van der Waals surface area (Å²) in [6, 6.07) is 4.38. The number of rotatable bonds is 4. The Kier molecular flexibility index (Phi) is 4.12. The molecular formula is C16H18F3NO2. The van der Waals surface area contributed by atoms with E-state index in [1.165, 1.54) is 25.0 Å². The predicted molar refractivity (Wildman–Crippen MR) is 74.4 cm³/mol. The lowest BCUT2D eigenvalue weighted by atomic mass is 10.1. The standard InChI is InChI=1S/C16H18F3NO2/c17-16(18,19)13-5-3-12(4-6-13)15(21)20-8-7-14(9-20)22-10-11-1-2-11/h3-6,11,14H,1-2,7-10H2/t14-/m1/s1. The molecule has 0 aromatic heterocycles. The van der Waals surface area contributed by atoms with Gasteiger partial charge in [-0.1, -0.05) is 0 Å². The van der Waals surface area contributed by atoms with Crippen molar-refractivity contribution < 1.29 is 22.7 Å². The van der Waals surface area contributed by atoms with Crippen LogP contribution in [0.4, 0.5) is 13.2 Å². The second-order valence-corrected chi connectivity index (χ2v) is 6.01. The lowest BCUT2D eigenvalue weighted by molar-refractivity contribution is -0.137. The van der Waals surface area contributed by atoms with Crippen LogP contribution in [0.2, 0.25) is 0 Å². The first kappa shape index (κ1) is 15.3. The zero-order chi connectivity index (χ0) is 15.7. The molecule has 1 aliphatic heterocycles. The molecule has 2 aliphatic rings. The third kappa shape index (κ3) is 3.61. The predicted octanol–water partition coefficient (Wildman–Crippen LogP) is 3.35. The number of hydrogen-bond acceptors (Lipinski definition) is 2. The van der Waals surface area contributed by atoms with E-state index in [1.54, 1.807) is 4.90 Å². The summed E-state index contributed by atoms with van der Waals surface area (Å²) in [6.07, 6.45) is -1.09. The molecule has 0 N–H and O–H groups in total. The number of ether oxygens (including phenoxy) is 1. The highest BCUT2D eigenvalue weighted by Crippen LogP contribution is 2.31. The molecule has 3 nitrogen and oxygen atoms in total. The normalized spacial score (nSPS) is 22.1. The topological polar surface area (TPSA) is 29.5 Å². The summed E-state index contributed by atoms with van der Waals surface area (Å²) < 4.78 is 43.3. The van der Waals surface area contributed by atoms with Gasteiger partial charge in [-0.15, -0.1) is 0 Å².